The lowest BCUT2D eigenvalue weighted by atomic mass is 10.1. The van der Waals surface area contributed by atoms with Crippen molar-refractivity contribution in [2.45, 2.75) is 18.9 Å². The number of nitrogens with one attached hydrogen (secondary N) is 1. The molecule has 1 unspecified atom stereocenters. The van der Waals surface area contributed by atoms with Crippen molar-refractivity contribution in [3.05, 3.63) is 46.5 Å². The summed E-state index contributed by atoms with van der Waals surface area (Å²) >= 11 is 0. The summed E-state index contributed by atoms with van der Waals surface area (Å²) in [5, 5.41) is 11.5. The number of carbonyl (C=O) groups is 2. The first-order chi connectivity index (χ1) is 10.1. The molecule has 1 amide bonds. The molecule has 21 heavy (non-hydrogen) atoms. The zero-order chi connectivity index (χ0) is 15.0. The molecule has 0 aliphatic heterocycles. The van der Waals surface area contributed by atoms with E-state index in [-0.39, 0.29) is 11.5 Å². The van der Waals surface area contributed by atoms with Crippen molar-refractivity contribution < 1.29 is 14.7 Å². The summed E-state index contributed by atoms with van der Waals surface area (Å²) in [7, 11) is 0. The molecule has 2 aromatic heterocycles. The molecule has 1 saturated carbocycles. The molecule has 0 spiro atoms. The average Bonchev–Trinajstić information content (AvgIpc) is 3.29. The molecule has 1 atom stereocenters. The third-order valence-corrected chi connectivity index (χ3v) is 3.50. The third kappa shape index (κ3) is 2.49. The number of carboxylic acids is 1. The fraction of sp³-hybridized carbons (Fsp3) is 0.286. The topological polar surface area (TPSA) is 101 Å². The molecule has 3 rings (SSSR count). The molecule has 1 aliphatic rings. The second-order valence-electron chi connectivity index (χ2n) is 5.03. The first-order valence-electron chi connectivity index (χ1n) is 6.58. The quantitative estimate of drug-likeness (QED) is 0.841. The minimum absolute atomic E-state index is 0.0531. The summed E-state index contributed by atoms with van der Waals surface area (Å²) in [6.07, 6.45) is 4.23. The van der Waals surface area contributed by atoms with E-state index in [0.717, 1.165) is 12.8 Å². The maximum Gasteiger partial charge on any atom is 0.326 e. The van der Waals surface area contributed by atoms with E-state index in [4.69, 9.17) is 5.11 Å². The lowest BCUT2D eigenvalue weighted by molar-refractivity contribution is -0.139. The number of hydrogen-bond acceptors (Lipinski definition) is 4. The van der Waals surface area contributed by atoms with Gasteiger partial charge in [0.1, 0.15) is 17.3 Å². The van der Waals surface area contributed by atoms with E-state index in [1.807, 2.05) is 0 Å². The number of nitrogens with zero attached hydrogens (tertiary/aromatic N) is 2. The summed E-state index contributed by atoms with van der Waals surface area (Å²) in [5.74, 6) is -1.84. The maximum absolute atomic E-state index is 12.2. The predicted octanol–water partition coefficient (Wildman–Crippen LogP) is 0.287. The van der Waals surface area contributed by atoms with Gasteiger partial charge in [0.25, 0.3) is 11.5 Å². The molecule has 7 heteroatoms. The van der Waals surface area contributed by atoms with Crippen molar-refractivity contribution in [1.82, 2.24) is 14.7 Å². The molecule has 1 aliphatic carbocycles. The van der Waals surface area contributed by atoms with E-state index in [0.29, 0.717) is 5.65 Å². The SMILES string of the molecule is O=C(NC(C(=O)O)C1CC1)c1cnc2ccccn2c1=O. The predicted molar refractivity (Wildman–Crippen MR) is 73.1 cm³/mol. The number of amides is 1. The largest absolute Gasteiger partial charge is 0.480 e. The van der Waals surface area contributed by atoms with Gasteiger partial charge in [-0.15, -0.1) is 0 Å². The summed E-state index contributed by atoms with van der Waals surface area (Å²) in [6.45, 7) is 0. The van der Waals surface area contributed by atoms with Crippen molar-refractivity contribution in [2.24, 2.45) is 5.92 Å². The van der Waals surface area contributed by atoms with Gasteiger partial charge in [-0.05, 0) is 30.9 Å². The summed E-state index contributed by atoms with van der Waals surface area (Å²) < 4.78 is 1.25. The lowest BCUT2D eigenvalue weighted by Crippen LogP contribution is -2.44. The molecule has 0 aromatic carbocycles. The van der Waals surface area contributed by atoms with Crippen LogP contribution in [0.15, 0.2) is 35.4 Å². The van der Waals surface area contributed by atoms with Crippen LogP contribution >= 0.6 is 0 Å². The molecule has 2 N–H and O–H groups in total. The van der Waals surface area contributed by atoms with Crippen LogP contribution in [0.2, 0.25) is 0 Å². The van der Waals surface area contributed by atoms with Crippen LogP contribution < -0.4 is 10.9 Å². The number of hydrogen-bond donors (Lipinski definition) is 2. The van der Waals surface area contributed by atoms with Crippen LogP contribution in [0.5, 0.6) is 0 Å². The molecule has 0 radical (unpaired) electrons. The van der Waals surface area contributed by atoms with Crippen molar-refractivity contribution in [3.63, 3.8) is 0 Å². The first-order valence-corrected chi connectivity index (χ1v) is 6.58. The summed E-state index contributed by atoms with van der Waals surface area (Å²) in [6, 6.07) is 4.08. The van der Waals surface area contributed by atoms with E-state index >= 15 is 0 Å². The van der Waals surface area contributed by atoms with E-state index in [9.17, 15) is 14.4 Å². The van der Waals surface area contributed by atoms with Crippen LogP contribution in [0.3, 0.4) is 0 Å². The van der Waals surface area contributed by atoms with Gasteiger partial charge in [0.05, 0.1) is 0 Å². The van der Waals surface area contributed by atoms with Gasteiger partial charge in [-0.3, -0.25) is 14.0 Å². The Bertz CT molecular complexity index is 779. The van der Waals surface area contributed by atoms with Crippen molar-refractivity contribution >= 4 is 17.5 Å². The minimum Gasteiger partial charge on any atom is -0.480 e. The van der Waals surface area contributed by atoms with Crippen LogP contribution in [0.1, 0.15) is 23.2 Å². The third-order valence-electron chi connectivity index (χ3n) is 3.50. The second kappa shape index (κ2) is 5.01. The van der Waals surface area contributed by atoms with E-state index < -0.39 is 23.5 Å². The molecule has 108 valence electrons. The van der Waals surface area contributed by atoms with Crippen LogP contribution in [-0.4, -0.2) is 32.4 Å². The van der Waals surface area contributed by atoms with Gasteiger partial charge >= 0.3 is 5.97 Å². The Hall–Kier alpha value is -2.70. The highest BCUT2D eigenvalue weighted by Gasteiger charge is 2.37. The van der Waals surface area contributed by atoms with Crippen molar-refractivity contribution in [3.8, 4) is 0 Å². The Kier molecular flexibility index (Phi) is 3.17. The Morgan fingerprint density at radius 1 is 1.38 bits per heavy atom. The smallest absolute Gasteiger partial charge is 0.326 e. The number of fused-ring (bicyclic) bond motifs is 1. The number of rotatable bonds is 4. The molecule has 2 heterocycles. The van der Waals surface area contributed by atoms with E-state index in [1.165, 1.54) is 16.8 Å². The van der Waals surface area contributed by atoms with Crippen LogP contribution in [-0.2, 0) is 4.79 Å². The Morgan fingerprint density at radius 2 is 2.14 bits per heavy atom. The number of aromatic nitrogens is 2. The Balaban J connectivity index is 1.92. The normalized spacial score (nSPS) is 15.6. The average molecular weight is 287 g/mol. The van der Waals surface area contributed by atoms with Gasteiger partial charge in [0.15, 0.2) is 0 Å². The highest BCUT2D eigenvalue weighted by atomic mass is 16.4. The van der Waals surface area contributed by atoms with Gasteiger partial charge in [-0.2, -0.15) is 0 Å². The highest BCUT2D eigenvalue weighted by Crippen LogP contribution is 2.32. The Labute approximate surface area is 119 Å². The maximum atomic E-state index is 12.2. The van der Waals surface area contributed by atoms with Crippen LogP contribution in [0, 0.1) is 5.92 Å². The van der Waals surface area contributed by atoms with Crippen LogP contribution in [0.4, 0.5) is 0 Å². The Morgan fingerprint density at radius 3 is 2.81 bits per heavy atom. The van der Waals surface area contributed by atoms with Crippen molar-refractivity contribution in [1.29, 1.82) is 0 Å². The van der Waals surface area contributed by atoms with Gasteiger partial charge in [0, 0.05) is 12.4 Å². The number of carbonyl (C=O) groups excluding carboxylic acids is 1. The minimum atomic E-state index is -1.08. The number of carboxylic acid groups (broad SMARTS) is 1. The zero-order valence-electron chi connectivity index (χ0n) is 11.0. The van der Waals surface area contributed by atoms with Gasteiger partial charge in [0.2, 0.25) is 0 Å². The molecule has 7 nitrogen and oxygen atoms in total. The molecular formula is C14H13N3O4. The molecule has 0 bridgehead atoms. The lowest BCUT2D eigenvalue weighted by Gasteiger charge is -2.13. The fourth-order valence-electron chi connectivity index (χ4n) is 2.21. The highest BCUT2D eigenvalue weighted by molar-refractivity contribution is 5.96. The van der Waals surface area contributed by atoms with Gasteiger partial charge in [-0.1, -0.05) is 6.07 Å². The first kappa shape index (κ1) is 13.3. The molecule has 0 saturated heterocycles. The molecule has 2 aromatic rings. The van der Waals surface area contributed by atoms with Gasteiger partial charge < -0.3 is 10.4 Å². The fourth-order valence-corrected chi connectivity index (χ4v) is 2.21. The second-order valence-corrected chi connectivity index (χ2v) is 5.03. The standard InChI is InChI=1S/C14H13N3O4/c18-12(16-11(14(20)21)8-4-5-8)9-7-15-10-3-1-2-6-17(10)13(9)19/h1-3,6-8,11H,4-5H2,(H,16,18)(H,20,21). The molecular weight excluding hydrogens is 274 g/mol. The van der Waals surface area contributed by atoms with Crippen LogP contribution in [0.25, 0.3) is 5.65 Å². The number of pyridine rings is 1. The van der Waals surface area contributed by atoms with E-state index in [1.54, 1.807) is 18.2 Å². The summed E-state index contributed by atoms with van der Waals surface area (Å²) in [5.41, 5.74) is -0.250. The molecule has 1 fully saturated rings. The summed E-state index contributed by atoms with van der Waals surface area (Å²) in [4.78, 5) is 39.5. The monoisotopic (exact) mass is 287 g/mol. The zero-order valence-corrected chi connectivity index (χ0v) is 11.0. The van der Waals surface area contributed by atoms with E-state index in [2.05, 4.69) is 10.3 Å². The number of aliphatic carboxylic acids is 1. The van der Waals surface area contributed by atoms with Crippen molar-refractivity contribution in [2.75, 3.05) is 0 Å². The van der Waals surface area contributed by atoms with Gasteiger partial charge in [-0.25, -0.2) is 9.78 Å².